The van der Waals surface area contributed by atoms with Gasteiger partial charge in [0.25, 0.3) is 0 Å². The Labute approximate surface area is 188 Å². The van der Waals surface area contributed by atoms with Gasteiger partial charge < -0.3 is 18.6 Å². The highest BCUT2D eigenvalue weighted by molar-refractivity contribution is 5.74. The summed E-state index contributed by atoms with van der Waals surface area (Å²) in [6, 6.07) is 15.6. The lowest BCUT2D eigenvalue weighted by atomic mass is 9.96. The first-order chi connectivity index (χ1) is 15.3. The van der Waals surface area contributed by atoms with Gasteiger partial charge in [0.1, 0.15) is 29.5 Å². The number of carbonyl (C=O) groups is 1. The third-order valence-electron chi connectivity index (χ3n) is 5.21. The molecule has 4 rings (SSSR count). The van der Waals surface area contributed by atoms with Crippen LogP contribution in [-0.4, -0.2) is 29.8 Å². The molecular formula is C26H29NO5. The van der Waals surface area contributed by atoms with Crippen molar-refractivity contribution in [3.05, 3.63) is 65.5 Å². The van der Waals surface area contributed by atoms with Crippen LogP contribution < -0.4 is 9.47 Å². The third kappa shape index (κ3) is 5.31. The molecule has 2 aromatic carbocycles. The number of aryl methyl sites for hydroxylation is 1. The lowest BCUT2D eigenvalue weighted by Crippen LogP contribution is -2.34. The number of aromatic nitrogens is 1. The number of carbonyl (C=O) groups excluding carboxylic acids is 1. The number of rotatable bonds is 6. The SMILES string of the molecule is Cc1oc(-c2ccccc2)nc1CCOc1ccc2c(c1)OC[C@@H](C(=O)OC(C)(C)C)C2. The molecule has 3 aromatic rings. The summed E-state index contributed by atoms with van der Waals surface area (Å²) in [7, 11) is 0. The van der Waals surface area contributed by atoms with Crippen molar-refractivity contribution >= 4 is 5.97 Å². The summed E-state index contributed by atoms with van der Waals surface area (Å²) >= 11 is 0. The Kier molecular flexibility index (Phi) is 6.21. The molecule has 0 aliphatic carbocycles. The quantitative estimate of drug-likeness (QED) is 0.498. The highest BCUT2D eigenvalue weighted by Crippen LogP contribution is 2.32. The molecule has 1 atom stereocenters. The van der Waals surface area contributed by atoms with Crippen LogP contribution in [-0.2, 0) is 22.4 Å². The van der Waals surface area contributed by atoms with Crippen molar-refractivity contribution in [2.75, 3.05) is 13.2 Å². The van der Waals surface area contributed by atoms with Crippen LogP contribution in [0.25, 0.3) is 11.5 Å². The number of benzene rings is 2. The van der Waals surface area contributed by atoms with Gasteiger partial charge in [0.05, 0.1) is 18.2 Å². The molecule has 168 valence electrons. The molecule has 1 aliphatic rings. The number of ether oxygens (including phenoxy) is 3. The summed E-state index contributed by atoms with van der Waals surface area (Å²) in [5.41, 5.74) is 2.33. The molecule has 0 spiro atoms. The first kappa shape index (κ1) is 21.9. The number of hydrogen-bond acceptors (Lipinski definition) is 6. The third-order valence-corrected chi connectivity index (χ3v) is 5.21. The molecule has 0 amide bonds. The smallest absolute Gasteiger partial charge is 0.313 e. The Morgan fingerprint density at radius 2 is 1.94 bits per heavy atom. The topological polar surface area (TPSA) is 70.8 Å². The van der Waals surface area contributed by atoms with Crippen molar-refractivity contribution in [2.45, 2.75) is 46.1 Å². The molecule has 6 nitrogen and oxygen atoms in total. The molecule has 0 unspecified atom stereocenters. The lowest BCUT2D eigenvalue weighted by molar-refractivity contribution is -0.161. The molecule has 2 heterocycles. The zero-order chi connectivity index (χ0) is 22.7. The Morgan fingerprint density at radius 3 is 2.69 bits per heavy atom. The highest BCUT2D eigenvalue weighted by Gasteiger charge is 2.30. The standard InChI is InChI=1S/C26H29NO5/c1-17-22(27-24(31-17)18-8-6-5-7-9-18)12-13-29-21-11-10-19-14-20(16-30-23(19)15-21)25(28)32-26(2,3)4/h5-11,15,20H,12-14,16H2,1-4H3/t20-/m0/s1. The van der Waals surface area contributed by atoms with Crippen LogP contribution in [0.5, 0.6) is 11.5 Å². The van der Waals surface area contributed by atoms with Gasteiger partial charge in [0, 0.05) is 18.1 Å². The number of esters is 1. The second kappa shape index (κ2) is 9.07. The normalized spacial score (nSPS) is 15.6. The zero-order valence-electron chi connectivity index (χ0n) is 19.0. The number of nitrogens with zero attached hydrogens (tertiary/aromatic N) is 1. The van der Waals surface area contributed by atoms with E-state index in [9.17, 15) is 4.79 Å². The molecule has 6 heteroatoms. The van der Waals surface area contributed by atoms with Crippen LogP contribution >= 0.6 is 0 Å². The Morgan fingerprint density at radius 1 is 1.16 bits per heavy atom. The van der Waals surface area contributed by atoms with Crippen LogP contribution in [0, 0.1) is 12.8 Å². The van der Waals surface area contributed by atoms with Crippen molar-refractivity contribution < 1.29 is 23.4 Å². The average Bonchev–Trinajstić information content (AvgIpc) is 3.13. The van der Waals surface area contributed by atoms with E-state index in [4.69, 9.17) is 18.6 Å². The fraction of sp³-hybridized carbons (Fsp3) is 0.385. The van der Waals surface area contributed by atoms with Gasteiger partial charge in [-0.15, -0.1) is 0 Å². The van der Waals surface area contributed by atoms with E-state index in [2.05, 4.69) is 4.98 Å². The van der Waals surface area contributed by atoms with Gasteiger partial charge in [0.2, 0.25) is 5.89 Å². The van der Waals surface area contributed by atoms with E-state index >= 15 is 0 Å². The van der Waals surface area contributed by atoms with Crippen LogP contribution in [0.15, 0.2) is 52.9 Å². The van der Waals surface area contributed by atoms with Gasteiger partial charge in [-0.2, -0.15) is 0 Å². The lowest BCUT2D eigenvalue weighted by Gasteiger charge is -2.27. The monoisotopic (exact) mass is 435 g/mol. The van der Waals surface area contributed by atoms with Crippen molar-refractivity contribution in [3.63, 3.8) is 0 Å². The Bertz CT molecular complexity index is 1080. The number of hydrogen-bond donors (Lipinski definition) is 0. The van der Waals surface area contributed by atoms with E-state index in [-0.39, 0.29) is 11.9 Å². The van der Waals surface area contributed by atoms with Gasteiger partial charge in [-0.1, -0.05) is 24.3 Å². The van der Waals surface area contributed by atoms with E-state index in [1.54, 1.807) is 0 Å². The van der Waals surface area contributed by atoms with Crippen molar-refractivity contribution in [1.29, 1.82) is 0 Å². The highest BCUT2D eigenvalue weighted by atomic mass is 16.6. The Balaban J connectivity index is 1.33. The fourth-order valence-electron chi connectivity index (χ4n) is 3.61. The van der Waals surface area contributed by atoms with Crippen LogP contribution in [0.4, 0.5) is 0 Å². The summed E-state index contributed by atoms with van der Waals surface area (Å²) in [6.07, 6.45) is 1.24. The minimum Gasteiger partial charge on any atom is -0.493 e. The summed E-state index contributed by atoms with van der Waals surface area (Å²) in [6.45, 7) is 8.31. The number of oxazole rings is 1. The molecule has 0 saturated carbocycles. The zero-order valence-corrected chi connectivity index (χ0v) is 19.0. The first-order valence-electron chi connectivity index (χ1n) is 10.9. The maximum Gasteiger partial charge on any atom is 0.313 e. The molecule has 32 heavy (non-hydrogen) atoms. The first-order valence-corrected chi connectivity index (χ1v) is 10.9. The van der Waals surface area contributed by atoms with Crippen LogP contribution in [0.1, 0.15) is 37.8 Å². The van der Waals surface area contributed by atoms with E-state index in [0.29, 0.717) is 31.9 Å². The minimum absolute atomic E-state index is 0.221. The molecular weight excluding hydrogens is 406 g/mol. The van der Waals surface area contributed by atoms with Gasteiger partial charge in [-0.25, -0.2) is 4.98 Å². The van der Waals surface area contributed by atoms with E-state index < -0.39 is 5.60 Å². The molecule has 0 radical (unpaired) electrons. The Hall–Kier alpha value is -3.28. The summed E-state index contributed by atoms with van der Waals surface area (Å²) < 4.78 is 23.1. The van der Waals surface area contributed by atoms with E-state index in [1.165, 1.54) is 0 Å². The van der Waals surface area contributed by atoms with Crippen LogP contribution in [0.2, 0.25) is 0 Å². The van der Waals surface area contributed by atoms with Crippen molar-refractivity contribution in [1.82, 2.24) is 4.98 Å². The maximum atomic E-state index is 12.3. The maximum absolute atomic E-state index is 12.3. The second-order valence-electron chi connectivity index (χ2n) is 9.00. The largest absolute Gasteiger partial charge is 0.493 e. The number of fused-ring (bicyclic) bond motifs is 1. The van der Waals surface area contributed by atoms with Crippen molar-refractivity contribution in [2.24, 2.45) is 5.92 Å². The summed E-state index contributed by atoms with van der Waals surface area (Å²) in [4.78, 5) is 17.0. The average molecular weight is 436 g/mol. The molecule has 0 fully saturated rings. The van der Waals surface area contributed by atoms with Crippen molar-refractivity contribution in [3.8, 4) is 23.0 Å². The molecule has 0 bridgehead atoms. The second-order valence-corrected chi connectivity index (χ2v) is 9.00. The van der Waals surface area contributed by atoms with Gasteiger partial charge in [0.15, 0.2) is 0 Å². The molecule has 0 saturated heterocycles. The van der Waals surface area contributed by atoms with Gasteiger partial charge in [-0.3, -0.25) is 4.79 Å². The predicted molar refractivity (Wildman–Crippen MR) is 121 cm³/mol. The summed E-state index contributed by atoms with van der Waals surface area (Å²) in [5.74, 6) is 2.40. The van der Waals surface area contributed by atoms with Gasteiger partial charge >= 0.3 is 5.97 Å². The minimum atomic E-state index is -0.501. The van der Waals surface area contributed by atoms with Crippen LogP contribution in [0.3, 0.4) is 0 Å². The van der Waals surface area contributed by atoms with Gasteiger partial charge in [-0.05, 0) is 57.9 Å². The summed E-state index contributed by atoms with van der Waals surface area (Å²) in [5, 5.41) is 0. The molecule has 1 aromatic heterocycles. The molecule has 1 aliphatic heterocycles. The van der Waals surface area contributed by atoms with E-state index in [0.717, 1.165) is 34.1 Å². The molecule has 0 N–H and O–H groups in total. The predicted octanol–water partition coefficient (Wildman–Crippen LogP) is 5.16. The van der Waals surface area contributed by atoms with E-state index in [1.807, 2.05) is 76.2 Å². The fourth-order valence-corrected chi connectivity index (χ4v) is 3.61.